The molecule has 43 heavy (non-hydrogen) atoms. The zero-order valence-electron chi connectivity index (χ0n) is 23.5. The molecule has 0 amide bonds. The van der Waals surface area contributed by atoms with Gasteiger partial charge in [0.2, 0.25) is 0 Å². The molecule has 0 radical (unpaired) electrons. The summed E-state index contributed by atoms with van der Waals surface area (Å²) in [6, 6.07) is 36.3. The molecule has 5 rings (SSSR count). The van der Waals surface area contributed by atoms with Crippen LogP contribution in [0.1, 0.15) is 33.9 Å². The van der Waals surface area contributed by atoms with Gasteiger partial charge in [-0.05, 0) is 34.4 Å². The topological polar surface area (TPSA) is 109 Å². The number of aromatic hydroxyl groups is 2. The maximum absolute atomic E-state index is 11.1. The summed E-state index contributed by atoms with van der Waals surface area (Å²) < 4.78 is 17.8. The average Bonchev–Trinajstić information content (AvgIpc) is 3.04. The Morgan fingerprint density at radius 3 is 1.58 bits per heavy atom. The molecule has 0 saturated carbocycles. The molecule has 0 saturated heterocycles. The van der Waals surface area contributed by atoms with Gasteiger partial charge in [-0.15, -0.1) is 0 Å². The Hall–Kier alpha value is -4.98. The molecular formula is C36H34O7. The first-order valence-electron chi connectivity index (χ1n) is 14.0. The van der Waals surface area contributed by atoms with Crippen LogP contribution in [0.4, 0.5) is 0 Å². The lowest BCUT2D eigenvalue weighted by Gasteiger charge is -2.22. The van der Waals surface area contributed by atoms with E-state index in [0.29, 0.717) is 29.2 Å². The van der Waals surface area contributed by atoms with E-state index in [1.165, 1.54) is 24.3 Å². The maximum atomic E-state index is 11.1. The predicted molar refractivity (Wildman–Crippen MR) is 163 cm³/mol. The van der Waals surface area contributed by atoms with Crippen LogP contribution in [0, 0.1) is 0 Å². The molecule has 0 bridgehead atoms. The van der Waals surface area contributed by atoms with Crippen molar-refractivity contribution in [1.82, 2.24) is 0 Å². The van der Waals surface area contributed by atoms with Crippen molar-refractivity contribution in [1.29, 1.82) is 0 Å². The van der Waals surface area contributed by atoms with Gasteiger partial charge in [-0.1, -0.05) is 97.1 Å². The molecule has 5 aromatic carbocycles. The van der Waals surface area contributed by atoms with Crippen LogP contribution in [-0.4, -0.2) is 26.5 Å². The summed E-state index contributed by atoms with van der Waals surface area (Å²) in [5.74, 6) is 0.708. The minimum atomic E-state index is -1.34. The van der Waals surface area contributed by atoms with E-state index in [0.717, 1.165) is 16.7 Å². The van der Waals surface area contributed by atoms with Gasteiger partial charge < -0.3 is 34.6 Å². The summed E-state index contributed by atoms with van der Waals surface area (Å²) in [5, 5.41) is 43.5. The van der Waals surface area contributed by atoms with E-state index in [-0.39, 0.29) is 36.9 Å². The Labute approximate surface area is 250 Å². The molecule has 0 aliphatic heterocycles. The van der Waals surface area contributed by atoms with Crippen LogP contribution in [0.3, 0.4) is 0 Å². The highest BCUT2D eigenvalue weighted by atomic mass is 16.5. The van der Waals surface area contributed by atoms with E-state index in [1.807, 2.05) is 91.0 Å². The number of benzene rings is 5. The molecule has 7 nitrogen and oxygen atoms in total. The number of aliphatic hydroxyl groups is 2. The van der Waals surface area contributed by atoms with Crippen molar-refractivity contribution in [3.8, 4) is 28.7 Å². The van der Waals surface area contributed by atoms with Gasteiger partial charge in [-0.25, -0.2) is 0 Å². The van der Waals surface area contributed by atoms with Gasteiger partial charge in [-0.3, -0.25) is 0 Å². The first kappa shape index (κ1) is 29.5. The number of aliphatic hydroxyl groups excluding tert-OH is 2. The highest BCUT2D eigenvalue weighted by Gasteiger charge is 2.24. The fourth-order valence-electron chi connectivity index (χ4n) is 4.61. The zero-order valence-corrected chi connectivity index (χ0v) is 23.5. The van der Waals surface area contributed by atoms with Crippen molar-refractivity contribution in [3.05, 3.63) is 149 Å². The lowest BCUT2D eigenvalue weighted by Crippen LogP contribution is -2.21. The summed E-state index contributed by atoms with van der Waals surface area (Å²) in [6.45, 7) is 0.758. The predicted octanol–water partition coefficient (Wildman–Crippen LogP) is 6.47. The normalized spacial score (nSPS) is 12.3. The van der Waals surface area contributed by atoms with Crippen molar-refractivity contribution in [2.75, 3.05) is 0 Å². The first-order chi connectivity index (χ1) is 21.0. The molecule has 0 aliphatic rings. The fraction of sp³-hybridized carbons (Fsp3) is 0.167. The quantitative estimate of drug-likeness (QED) is 0.127. The van der Waals surface area contributed by atoms with Crippen molar-refractivity contribution in [3.63, 3.8) is 0 Å². The Kier molecular flexibility index (Phi) is 9.79. The average molecular weight is 579 g/mol. The third-order valence-electron chi connectivity index (χ3n) is 6.98. The number of phenols is 2. The van der Waals surface area contributed by atoms with Crippen LogP contribution < -0.4 is 14.2 Å². The number of hydrogen-bond acceptors (Lipinski definition) is 7. The van der Waals surface area contributed by atoms with E-state index in [9.17, 15) is 20.4 Å². The standard InChI is InChI=1S/C36H34O7/c37-31-17-16-28(18-35(31)43-24-27-14-8-3-9-15-27)36(40)33(39)21-30-32(38)19-29(41-22-25-10-4-1-5-11-25)20-34(30)42-23-26-12-6-2-7-13-26/h1-20,33,36-40H,21-24H2/t33-,36-/m0/s1. The molecule has 7 heteroatoms. The Balaban J connectivity index is 1.33. The highest BCUT2D eigenvalue weighted by molar-refractivity contribution is 5.51. The Bertz CT molecular complexity index is 1590. The minimum Gasteiger partial charge on any atom is -0.507 e. The number of phenolic OH excluding ortho intramolecular Hbond substituents is 2. The van der Waals surface area contributed by atoms with Crippen LogP contribution >= 0.6 is 0 Å². The lowest BCUT2D eigenvalue weighted by atomic mass is 9.97. The summed E-state index contributed by atoms with van der Waals surface area (Å²) in [7, 11) is 0. The second-order valence-corrected chi connectivity index (χ2v) is 10.2. The number of ether oxygens (including phenoxy) is 3. The molecule has 5 aromatic rings. The lowest BCUT2D eigenvalue weighted by molar-refractivity contribution is 0.0180. The highest BCUT2D eigenvalue weighted by Crippen LogP contribution is 2.38. The third-order valence-corrected chi connectivity index (χ3v) is 6.98. The van der Waals surface area contributed by atoms with Crippen molar-refractivity contribution < 1.29 is 34.6 Å². The Morgan fingerprint density at radius 1 is 0.512 bits per heavy atom. The summed E-state index contributed by atoms with van der Waals surface area (Å²) in [5.41, 5.74) is 3.49. The van der Waals surface area contributed by atoms with Gasteiger partial charge in [0.15, 0.2) is 11.5 Å². The number of rotatable bonds is 13. The van der Waals surface area contributed by atoms with Crippen molar-refractivity contribution >= 4 is 0 Å². The molecule has 0 fully saturated rings. The van der Waals surface area contributed by atoms with Crippen molar-refractivity contribution in [2.24, 2.45) is 0 Å². The SMILES string of the molecule is Oc1ccc([C@H](O)[C@@H](O)Cc2c(O)cc(OCc3ccccc3)cc2OCc2ccccc2)cc1OCc1ccccc1. The summed E-state index contributed by atoms with van der Waals surface area (Å²) in [6.07, 6.45) is -2.76. The van der Waals surface area contributed by atoms with E-state index in [1.54, 1.807) is 6.07 Å². The van der Waals surface area contributed by atoms with Gasteiger partial charge in [-0.2, -0.15) is 0 Å². The van der Waals surface area contributed by atoms with Gasteiger partial charge in [0, 0.05) is 24.1 Å². The molecule has 0 aliphatic carbocycles. The summed E-state index contributed by atoms with van der Waals surface area (Å²) >= 11 is 0. The first-order valence-corrected chi connectivity index (χ1v) is 14.0. The van der Waals surface area contributed by atoms with Crippen LogP contribution in [0.15, 0.2) is 121 Å². The van der Waals surface area contributed by atoms with E-state index in [4.69, 9.17) is 14.2 Å². The van der Waals surface area contributed by atoms with E-state index >= 15 is 0 Å². The van der Waals surface area contributed by atoms with Gasteiger partial charge in [0.05, 0.1) is 6.10 Å². The molecule has 0 unspecified atom stereocenters. The molecule has 0 spiro atoms. The van der Waals surface area contributed by atoms with Gasteiger partial charge >= 0.3 is 0 Å². The second kappa shape index (κ2) is 14.3. The molecular weight excluding hydrogens is 544 g/mol. The largest absolute Gasteiger partial charge is 0.507 e. The fourth-order valence-corrected chi connectivity index (χ4v) is 4.61. The van der Waals surface area contributed by atoms with Crippen LogP contribution in [0.5, 0.6) is 28.7 Å². The monoisotopic (exact) mass is 578 g/mol. The van der Waals surface area contributed by atoms with Crippen molar-refractivity contribution in [2.45, 2.75) is 38.4 Å². The van der Waals surface area contributed by atoms with Gasteiger partial charge in [0.1, 0.15) is 43.2 Å². The number of hydrogen-bond donors (Lipinski definition) is 4. The van der Waals surface area contributed by atoms with Gasteiger partial charge in [0.25, 0.3) is 0 Å². The smallest absolute Gasteiger partial charge is 0.161 e. The van der Waals surface area contributed by atoms with Crippen LogP contribution in [0.25, 0.3) is 0 Å². The summed E-state index contributed by atoms with van der Waals surface area (Å²) in [4.78, 5) is 0. The van der Waals surface area contributed by atoms with E-state index in [2.05, 4.69) is 0 Å². The Morgan fingerprint density at radius 2 is 1.02 bits per heavy atom. The molecule has 0 heterocycles. The van der Waals surface area contributed by atoms with Crippen LogP contribution in [-0.2, 0) is 26.2 Å². The third kappa shape index (κ3) is 8.07. The molecule has 0 aromatic heterocycles. The second-order valence-electron chi connectivity index (χ2n) is 10.2. The minimum absolute atomic E-state index is 0.0818. The molecule has 2 atom stereocenters. The zero-order chi connectivity index (χ0) is 30.0. The molecule has 4 N–H and O–H groups in total. The molecule has 220 valence electrons. The maximum Gasteiger partial charge on any atom is 0.161 e. The van der Waals surface area contributed by atoms with Crippen LogP contribution in [0.2, 0.25) is 0 Å². The van der Waals surface area contributed by atoms with E-state index < -0.39 is 12.2 Å².